The average molecular weight is 375 g/mol. The first kappa shape index (κ1) is 17.5. The maximum Gasteiger partial charge on any atom is 0.251 e. The molecule has 22 heavy (non-hydrogen) atoms. The Balaban J connectivity index is 1.69. The van der Waals surface area contributed by atoms with Crippen LogP contribution in [0.15, 0.2) is 42.5 Å². The van der Waals surface area contributed by atoms with Gasteiger partial charge in [-0.05, 0) is 42.0 Å². The minimum atomic E-state index is -0.0909. The Bertz CT molecular complexity index is 646. The number of carbonyl (C=O) groups is 1. The zero-order valence-corrected chi connectivity index (χ0v) is 14.7. The molecule has 116 valence electrons. The largest absolute Gasteiger partial charge is 0.351 e. The molecule has 1 amide bonds. The summed E-state index contributed by atoms with van der Waals surface area (Å²) in [6, 6.07) is 12.4. The van der Waals surface area contributed by atoms with E-state index in [1.807, 2.05) is 12.1 Å². The maximum atomic E-state index is 11.9. The van der Waals surface area contributed by atoms with E-state index in [1.54, 1.807) is 42.1 Å². The zero-order chi connectivity index (χ0) is 15.9. The van der Waals surface area contributed by atoms with E-state index >= 15 is 0 Å². The van der Waals surface area contributed by atoms with E-state index in [4.69, 9.17) is 34.8 Å². The quantitative estimate of drug-likeness (QED) is 0.694. The molecule has 0 bridgehead atoms. The summed E-state index contributed by atoms with van der Waals surface area (Å²) >= 11 is 19.4. The molecule has 2 rings (SSSR count). The molecule has 0 heterocycles. The van der Waals surface area contributed by atoms with Gasteiger partial charge < -0.3 is 5.32 Å². The van der Waals surface area contributed by atoms with Gasteiger partial charge in [0.2, 0.25) is 0 Å². The van der Waals surface area contributed by atoms with E-state index in [-0.39, 0.29) is 5.91 Å². The molecule has 1 N–H and O–H groups in total. The molecule has 0 unspecified atom stereocenters. The Kier molecular flexibility index (Phi) is 6.90. The molecule has 0 aromatic heterocycles. The van der Waals surface area contributed by atoms with E-state index in [9.17, 15) is 4.79 Å². The van der Waals surface area contributed by atoms with Gasteiger partial charge in [-0.1, -0.05) is 40.9 Å². The van der Waals surface area contributed by atoms with Gasteiger partial charge in [-0.3, -0.25) is 4.79 Å². The van der Waals surface area contributed by atoms with Crippen molar-refractivity contribution in [2.45, 2.75) is 5.75 Å². The topological polar surface area (TPSA) is 29.1 Å². The number of halogens is 3. The van der Waals surface area contributed by atoms with E-state index in [0.29, 0.717) is 27.2 Å². The highest BCUT2D eigenvalue weighted by Gasteiger charge is 2.04. The second-order valence-electron chi connectivity index (χ2n) is 4.56. The molecule has 6 heteroatoms. The van der Waals surface area contributed by atoms with Crippen LogP contribution in [0.1, 0.15) is 15.9 Å². The number of thioether (sulfide) groups is 1. The molecule has 2 aromatic rings. The van der Waals surface area contributed by atoms with E-state index in [0.717, 1.165) is 17.1 Å². The first-order chi connectivity index (χ1) is 10.6. The van der Waals surface area contributed by atoms with Crippen LogP contribution in [-0.2, 0) is 5.75 Å². The predicted molar refractivity (Wildman–Crippen MR) is 96.4 cm³/mol. The van der Waals surface area contributed by atoms with Crippen molar-refractivity contribution >= 4 is 52.5 Å². The smallest absolute Gasteiger partial charge is 0.251 e. The van der Waals surface area contributed by atoms with Crippen molar-refractivity contribution in [3.05, 3.63) is 68.7 Å². The molecule has 0 fully saturated rings. The van der Waals surface area contributed by atoms with Crippen LogP contribution in [-0.4, -0.2) is 18.2 Å². The monoisotopic (exact) mass is 373 g/mol. The van der Waals surface area contributed by atoms with Crippen LogP contribution in [0.3, 0.4) is 0 Å². The van der Waals surface area contributed by atoms with Gasteiger partial charge in [0.05, 0.1) is 10.0 Å². The summed E-state index contributed by atoms with van der Waals surface area (Å²) in [5.41, 5.74) is 1.72. The Morgan fingerprint density at radius 3 is 2.41 bits per heavy atom. The first-order valence-electron chi connectivity index (χ1n) is 6.61. The van der Waals surface area contributed by atoms with Crippen LogP contribution >= 0.6 is 46.6 Å². The van der Waals surface area contributed by atoms with Crippen molar-refractivity contribution < 1.29 is 4.79 Å². The molecule has 2 nitrogen and oxygen atoms in total. The molecule has 0 atom stereocenters. The second kappa shape index (κ2) is 8.68. The van der Waals surface area contributed by atoms with E-state index < -0.39 is 0 Å². The fourth-order valence-electron chi connectivity index (χ4n) is 1.76. The fourth-order valence-corrected chi connectivity index (χ4v) is 3.01. The van der Waals surface area contributed by atoms with Crippen molar-refractivity contribution in [3.8, 4) is 0 Å². The van der Waals surface area contributed by atoms with Crippen LogP contribution in [0, 0.1) is 0 Å². The number of benzene rings is 2. The van der Waals surface area contributed by atoms with Crippen LogP contribution in [0.25, 0.3) is 0 Å². The second-order valence-corrected chi connectivity index (χ2v) is 6.92. The summed E-state index contributed by atoms with van der Waals surface area (Å²) < 4.78 is 0. The summed E-state index contributed by atoms with van der Waals surface area (Å²) in [6.45, 7) is 0.605. The Morgan fingerprint density at radius 1 is 1.00 bits per heavy atom. The third-order valence-electron chi connectivity index (χ3n) is 2.89. The molecular weight excluding hydrogens is 361 g/mol. The molecule has 0 saturated carbocycles. The summed E-state index contributed by atoms with van der Waals surface area (Å²) in [5, 5.41) is 4.62. The Labute approximate surface area is 149 Å². The van der Waals surface area contributed by atoms with Crippen molar-refractivity contribution in [2.75, 3.05) is 12.3 Å². The highest BCUT2D eigenvalue weighted by atomic mass is 35.5. The molecule has 0 spiro atoms. The van der Waals surface area contributed by atoms with Gasteiger partial charge in [0, 0.05) is 28.6 Å². The van der Waals surface area contributed by atoms with Gasteiger partial charge in [0.1, 0.15) is 0 Å². The van der Waals surface area contributed by atoms with Gasteiger partial charge in [-0.2, -0.15) is 11.8 Å². The lowest BCUT2D eigenvalue weighted by Gasteiger charge is -2.06. The van der Waals surface area contributed by atoms with Crippen molar-refractivity contribution in [1.29, 1.82) is 0 Å². The summed E-state index contributed by atoms with van der Waals surface area (Å²) in [5.74, 6) is 1.56. The third kappa shape index (κ3) is 5.40. The van der Waals surface area contributed by atoms with Gasteiger partial charge in [-0.25, -0.2) is 0 Å². The summed E-state index contributed by atoms with van der Waals surface area (Å²) in [4.78, 5) is 11.9. The van der Waals surface area contributed by atoms with Crippen LogP contribution in [0.5, 0.6) is 0 Å². The highest BCUT2D eigenvalue weighted by molar-refractivity contribution is 7.98. The molecule has 0 radical (unpaired) electrons. The molecular formula is C16H14Cl3NOS. The molecule has 0 saturated heterocycles. The number of hydrogen-bond acceptors (Lipinski definition) is 2. The first-order valence-corrected chi connectivity index (χ1v) is 8.90. The maximum absolute atomic E-state index is 11.9. The van der Waals surface area contributed by atoms with E-state index in [2.05, 4.69) is 5.32 Å². The standard InChI is InChI=1S/C16H14Cl3NOS/c17-13-4-2-12(3-5-13)16(21)20-7-8-22-10-11-1-6-14(18)15(19)9-11/h1-6,9H,7-8,10H2,(H,20,21). The minimum absolute atomic E-state index is 0.0909. The molecule has 0 aliphatic rings. The average Bonchev–Trinajstić information content (AvgIpc) is 2.51. The van der Waals surface area contributed by atoms with E-state index in [1.165, 1.54) is 0 Å². The number of rotatable bonds is 6. The Morgan fingerprint density at radius 2 is 1.73 bits per heavy atom. The summed E-state index contributed by atoms with van der Waals surface area (Å²) in [6.07, 6.45) is 0. The van der Waals surface area contributed by atoms with Crippen LogP contribution < -0.4 is 5.32 Å². The minimum Gasteiger partial charge on any atom is -0.351 e. The number of hydrogen-bond donors (Lipinski definition) is 1. The molecule has 0 aliphatic carbocycles. The lowest BCUT2D eigenvalue weighted by Crippen LogP contribution is -2.25. The number of carbonyl (C=O) groups excluding carboxylic acids is 1. The SMILES string of the molecule is O=C(NCCSCc1ccc(Cl)c(Cl)c1)c1ccc(Cl)cc1. The normalized spacial score (nSPS) is 10.5. The van der Waals surface area contributed by atoms with Crippen molar-refractivity contribution in [3.63, 3.8) is 0 Å². The van der Waals surface area contributed by atoms with Gasteiger partial charge in [0.25, 0.3) is 5.91 Å². The third-order valence-corrected chi connectivity index (χ3v) is 4.91. The summed E-state index contributed by atoms with van der Waals surface area (Å²) in [7, 11) is 0. The van der Waals surface area contributed by atoms with Gasteiger partial charge >= 0.3 is 0 Å². The lowest BCUT2D eigenvalue weighted by molar-refractivity contribution is 0.0956. The number of nitrogens with one attached hydrogen (secondary N) is 1. The Hall–Kier alpha value is -0.870. The van der Waals surface area contributed by atoms with Crippen molar-refractivity contribution in [2.24, 2.45) is 0 Å². The predicted octanol–water partition coefficient (Wildman–Crippen LogP) is 5.31. The van der Waals surface area contributed by atoms with Crippen molar-refractivity contribution in [1.82, 2.24) is 5.32 Å². The lowest BCUT2D eigenvalue weighted by atomic mass is 10.2. The molecule has 2 aromatic carbocycles. The van der Waals surface area contributed by atoms with Gasteiger partial charge in [-0.15, -0.1) is 0 Å². The van der Waals surface area contributed by atoms with Crippen LogP contribution in [0.2, 0.25) is 15.1 Å². The zero-order valence-electron chi connectivity index (χ0n) is 11.6. The highest BCUT2D eigenvalue weighted by Crippen LogP contribution is 2.24. The fraction of sp³-hybridized carbons (Fsp3) is 0.188. The van der Waals surface area contributed by atoms with Gasteiger partial charge in [0.15, 0.2) is 0 Å². The number of amides is 1. The van der Waals surface area contributed by atoms with Crippen LogP contribution in [0.4, 0.5) is 0 Å². The molecule has 0 aliphatic heterocycles.